The van der Waals surface area contributed by atoms with Crippen LogP contribution in [-0.2, 0) is 0 Å². The van der Waals surface area contributed by atoms with Gasteiger partial charge in [0.1, 0.15) is 0 Å². The van der Waals surface area contributed by atoms with E-state index in [0.29, 0.717) is 38.4 Å². The zero-order valence-corrected chi connectivity index (χ0v) is 16.9. The number of aryl methyl sites for hydroxylation is 1. The molecule has 2 heterocycles. The van der Waals surface area contributed by atoms with Gasteiger partial charge in [-0.15, -0.1) is 5.10 Å². The molecule has 0 aliphatic carbocycles. The molecule has 0 bridgehead atoms. The zero-order chi connectivity index (χ0) is 19.7. The second-order valence-electron chi connectivity index (χ2n) is 6.16. The maximum atomic E-state index is 12.9. The highest BCUT2D eigenvalue weighted by Crippen LogP contribution is 2.28. The minimum Gasteiger partial charge on any atom is -0.355 e. The molecule has 3 aromatic rings. The summed E-state index contributed by atoms with van der Waals surface area (Å²) in [6.45, 7) is 6.85. The van der Waals surface area contributed by atoms with Crippen LogP contribution in [0.4, 0.5) is 0 Å². The van der Waals surface area contributed by atoms with Crippen LogP contribution in [0.15, 0.2) is 29.4 Å². The Labute approximate surface area is 165 Å². The number of hydrogen-bond donors (Lipinski definition) is 1. The summed E-state index contributed by atoms with van der Waals surface area (Å²) >= 11 is 7.28. The first-order valence-corrected chi connectivity index (χ1v) is 9.50. The number of nitrogens with zero attached hydrogens (tertiary/aromatic N) is 4. The third-order valence-electron chi connectivity index (χ3n) is 4.18. The normalized spacial score (nSPS) is 12.2. The molecule has 0 aliphatic rings. The number of benzene rings is 1. The minimum atomic E-state index is -0.453. The van der Waals surface area contributed by atoms with E-state index in [1.807, 2.05) is 6.07 Å². The lowest BCUT2D eigenvalue weighted by Gasteiger charge is -2.10. The highest BCUT2D eigenvalue weighted by molar-refractivity contribution is 8.00. The fraction of sp³-hybridized carbons (Fsp3) is 0.278. The van der Waals surface area contributed by atoms with Crippen molar-refractivity contribution in [2.24, 2.45) is 0 Å². The average Bonchev–Trinajstić information content (AvgIpc) is 3.18. The van der Waals surface area contributed by atoms with Crippen molar-refractivity contribution in [2.75, 3.05) is 0 Å². The molecule has 0 saturated heterocycles. The van der Waals surface area contributed by atoms with Crippen LogP contribution in [0.1, 0.15) is 46.0 Å². The number of aromatic nitrogens is 5. The summed E-state index contributed by atoms with van der Waals surface area (Å²) in [5.74, 6) is -0.181. The van der Waals surface area contributed by atoms with Crippen LogP contribution in [0.25, 0.3) is 5.69 Å². The second kappa shape index (κ2) is 7.66. The first-order chi connectivity index (χ1) is 12.8. The number of H-pyrrole nitrogens is 1. The number of carbonyl (C=O) groups excluding carboxylic acids is 2. The van der Waals surface area contributed by atoms with Gasteiger partial charge in [0, 0.05) is 16.3 Å². The van der Waals surface area contributed by atoms with Gasteiger partial charge in [0.15, 0.2) is 11.6 Å². The van der Waals surface area contributed by atoms with Crippen molar-refractivity contribution in [2.45, 2.75) is 38.1 Å². The first-order valence-electron chi connectivity index (χ1n) is 8.25. The molecule has 0 spiro atoms. The molecule has 0 aliphatic heterocycles. The van der Waals surface area contributed by atoms with E-state index in [1.54, 1.807) is 39.0 Å². The fourth-order valence-corrected chi connectivity index (χ4v) is 4.01. The van der Waals surface area contributed by atoms with E-state index in [2.05, 4.69) is 20.5 Å². The van der Waals surface area contributed by atoms with E-state index < -0.39 is 5.25 Å². The number of hydrogen-bond acceptors (Lipinski definition) is 6. The summed E-state index contributed by atoms with van der Waals surface area (Å²) in [5.41, 5.74) is 3.09. The van der Waals surface area contributed by atoms with Crippen molar-refractivity contribution >= 4 is 34.9 Å². The van der Waals surface area contributed by atoms with E-state index in [4.69, 9.17) is 11.6 Å². The summed E-state index contributed by atoms with van der Waals surface area (Å²) in [5, 5.41) is 12.3. The molecule has 0 fully saturated rings. The maximum absolute atomic E-state index is 12.9. The van der Waals surface area contributed by atoms with Crippen molar-refractivity contribution in [1.29, 1.82) is 0 Å². The molecule has 3 rings (SSSR count). The Kier molecular flexibility index (Phi) is 5.48. The number of halogens is 1. The number of carbonyl (C=O) groups is 2. The molecule has 2 aromatic heterocycles. The van der Waals surface area contributed by atoms with E-state index in [-0.39, 0.29) is 11.6 Å². The Hall–Kier alpha value is -2.45. The van der Waals surface area contributed by atoms with E-state index in [1.165, 1.54) is 23.4 Å². The Morgan fingerprint density at radius 3 is 2.67 bits per heavy atom. The third-order valence-corrected chi connectivity index (χ3v) is 5.45. The zero-order valence-electron chi connectivity index (χ0n) is 15.3. The predicted octanol–water partition coefficient (Wildman–Crippen LogP) is 3.83. The van der Waals surface area contributed by atoms with E-state index in [0.717, 1.165) is 0 Å². The van der Waals surface area contributed by atoms with Gasteiger partial charge in [0.25, 0.3) is 0 Å². The van der Waals surface area contributed by atoms with Crippen molar-refractivity contribution in [3.8, 4) is 5.69 Å². The molecule has 9 heteroatoms. The van der Waals surface area contributed by atoms with Crippen LogP contribution in [0, 0.1) is 13.8 Å². The smallest absolute Gasteiger partial charge is 0.214 e. The van der Waals surface area contributed by atoms with E-state index in [9.17, 15) is 9.59 Å². The highest BCUT2D eigenvalue weighted by atomic mass is 35.5. The van der Waals surface area contributed by atoms with Crippen molar-refractivity contribution in [3.63, 3.8) is 0 Å². The van der Waals surface area contributed by atoms with Gasteiger partial charge in [-0.25, -0.2) is 0 Å². The summed E-state index contributed by atoms with van der Waals surface area (Å²) in [4.78, 5) is 27.8. The minimum absolute atomic E-state index is 0.0643. The molecule has 0 saturated carbocycles. The van der Waals surface area contributed by atoms with Crippen LogP contribution >= 0.6 is 23.4 Å². The third kappa shape index (κ3) is 3.81. The molecule has 0 amide bonds. The molecule has 1 aromatic carbocycles. The van der Waals surface area contributed by atoms with Gasteiger partial charge in [0.05, 0.1) is 16.6 Å². The number of aromatic amines is 1. The van der Waals surface area contributed by atoms with Gasteiger partial charge in [-0.2, -0.15) is 4.68 Å². The van der Waals surface area contributed by atoms with Gasteiger partial charge in [0.2, 0.25) is 5.16 Å². The SMILES string of the molecule is CC(=O)c1c(C)[nH]c(C(=O)[C@@H](C)Sc2nnnn2-c2cccc(Cl)c2)c1C. The van der Waals surface area contributed by atoms with Gasteiger partial charge < -0.3 is 4.98 Å². The van der Waals surface area contributed by atoms with E-state index >= 15 is 0 Å². The van der Waals surface area contributed by atoms with Crippen molar-refractivity contribution in [1.82, 2.24) is 25.2 Å². The molecule has 27 heavy (non-hydrogen) atoms. The Balaban J connectivity index is 1.86. The Morgan fingerprint density at radius 1 is 1.30 bits per heavy atom. The van der Waals surface area contributed by atoms with Crippen molar-refractivity contribution < 1.29 is 9.59 Å². The predicted molar refractivity (Wildman–Crippen MR) is 104 cm³/mol. The van der Waals surface area contributed by atoms with Crippen LogP contribution in [0.5, 0.6) is 0 Å². The molecule has 1 N–H and O–H groups in total. The van der Waals surface area contributed by atoms with Gasteiger partial charge in [-0.1, -0.05) is 29.4 Å². The number of rotatable bonds is 6. The van der Waals surface area contributed by atoms with Gasteiger partial charge in [-0.3, -0.25) is 9.59 Å². The van der Waals surface area contributed by atoms with Crippen LogP contribution < -0.4 is 0 Å². The molecular weight excluding hydrogens is 386 g/mol. The standard InChI is InChI=1S/C18H18ClN5O2S/c1-9-15(11(3)25)10(2)20-16(9)17(26)12(4)27-18-21-22-23-24(18)14-7-5-6-13(19)8-14/h5-8,12,20H,1-4H3/t12-/m1/s1. The summed E-state index contributed by atoms with van der Waals surface area (Å²) in [7, 11) is 0. The average molecular weight is 404 g/mol. The molecule has 0 radical (unpaired) electrons. The maximum Gasteiger partial charge on any atom is 0.214 e. The quantitative estimate of drug-likeness (QED) is 0.496. The first kappa shape index (κ1) is 19.3. The second-order valence-corrected chi connectivity index (χ2v) is 7.90. The molecule has 0 unspecified atom stereocenters. The van der Waals surface area contributed by atoms with Crippen LogP contribution in [0.2, 0.25) is 5.02 Å². The number of ketones is 2. The molecule has 140 valence electrons. The Morgan fingerprint density at radius 2 is 2.04 bits per heavy atom. The number of thioether (sulfide) groups is 1. The monoisotopic (exact) mass is 403 g/mol. The summed E-state index contributed by atoms with van der Waals surface area (Å²) in [6.07, 6.45) is 0. The Bertz CT molecular complexity index is 1030. The fourth-order valence-electron chi connectivity index (χ4n) is 2.96. The van der Waals surface area contributed by atoms with Crippen LogP contribution in [-0.4, -0.2) is 42.0 Å². The highest BCUT2D eigenvalue weighted by Gasteiger charge is 2.26. The molecular formula is C18H18ClN5O2S. The van der Waals surface area contributed by atoms with Crippen LogP contribution in [0.3, 0.4) is 0 Å². The summed E-state index contributed by atoms with van der Waals surface area (Å²) in [6, 6.07) is 7.14. The number of tetrazole rings is 1. The van der Waals surface area contributed by atoms with Crippen molar-refractivity contribution in [3.05, 3.63) is 51.8 Å². The largest absolute Gasteiger partial charge is 0.355 e. The topological polar surface area (TPSA) is 93.5 Å². The molecule has 7 nitrogen and oxygen atoms in total. The van der Waals surface area contributed by atoms with Gasteiger partial charge in [-0.05, 0) is 61.9 Å². The molecule has 1 atom stereocenters. The lowest BCUT2D eigenvalue weighted by atomic mass is 10.0. The summed E-state index contributed by atoms with van der Waals surface area (Å²) < 4.78 is 1.54. The number of Topliss-reactive ketones (excluding diaryl/α,β-unsaturated/α-hetero) is 2. The number of nitrogens with one attached hydrogen (secondary N) is 1. The lowest BCUT2D eigenvalue weighted by Crippen LogP contribution is -2.16. The lowest BCUT2D eigenvalue weighted by molar-refractivity contribution is 0.0988. The van der Waals surface area contributed by atoms with Gasteiger partial charge >= 0.3 is 0 Å².